The first-order valence-electron chi connectivity index (χ1n) is 5.82. The number of hydrogen-bond donors (Lipinski definition) is 0. The molecular formula is C13H18BrNS2. The van der Waals surface area contributed by atoms with Gasteiger partial charge in [-0.25, -0.2) is 0 Å². The van der Waals surface area contributed by atoms with Crippen molar-refractivity contribution >= 4 is 48.0 Å². The van der Waals surface area contributed by atoms with Gasteiger partial charge in [0.1, 0.15) is 0 Å². The lowest BCUT2D eigenvalue weighted by molar-refractivity contribution is 0.401. The van der Waals surface area contributed by atoms with E-state index in [-0.39, 0.29) is 0 Å². The lowest BCUT2D eigenvalue weighted by Gasteiger charge is -2.08. The van der Waals surface area contributed by atoms with Crippen LogP contribution in [0.5, 0.6) is 0 Å². The Kier molecular flexibility index (Phi) is 4.29. The van der Waals surface area contributed by atoms with Crippen molar-refractivity contribution in [1.29, 1.82) is 0 Å². The SMILES string of the molecule is Cc1c(Br)sc2sc(CCCN(C)C)c(C)c12. The van der Waals surface area contributed by atoms with Crippen LogP contribution < -0.4 is 0 Å². The Balaban J connectivity index is 2.22. The van der Waals surface area contributed by atoms with Gasteiger partial charge in [0.2, 0.25) is 0 Å². The van der Waals surface area contributed by atoms with Gasteiger partial charge in [-0.2, -0.15) is 0 Å². The van der Waals surface area contributed by atoms with E-state index >= 15 is 0 Å². The van der Waals surface area contributed by atoms with Gasteiger partial charge >= 0.3 is 0 Å². The number of halogens is 1. The highest BCUT2D eigenvalue weighted by molar-refractivity contribution is 9.11. The van der Waals surface area contributed by atoms with Crippen LogP contribution in [0, 0.1) is 13.8 Å². The van der Waals surface area contributed by atoms with Crippen LogP contribution in [-0.2, 0) is 6.42 Å². The molecule has 1 nitrogen and oxygen atoms in total. The normalized spacial score (nSPS) is 11.9. The molecule has 2 heterocycles. The first-order chi connectivity index (χ1) is 8.00. The molecule has 0 radical (unpaired) electrons. The molecule has 0 aromatic carbocycles. The fraction of sp³-hybridized carbons (Fsp3) is 0.538. The van der Waals surface area contributed by atoms with Crippen LogP contribution in [0.4, 0.5) is 0 Å². The van der Waals surface area contributed by atoms with Crippen LogP contribution >= 0.6 is 38.6 Å². The van der Waals surface area contributed by atoms with Crippen LogP contribution in [0.1, 0.15) is 22.4 Å². The molecule has 0 bridgehead atoms. The highest BCUT2D eigenvalue weighted by Crippen LogP contribution is 2.43. The van der Waals surface area contributed by atoms with Gasteiger partial charge in [-0.1, -0.05) is 0 Å². The van der Waals surface area contributed by atoms with E-state index in [4.69, 9.17) is 0 Å². The molecule has 0 spiro atoms. The maximum atomic E-state index is 3.64. The zero-order valence-corrected chi connectivity index (χ0v) is 14.0. The van der Waals surface area contributed by atoms with Gasteiger partial charge in [0.15, 0.2) is 0 Å². The predicted octanol–water partition coefficient (Wildman–Crippen LogP) is 4.84. The van der Waals surface area contributed by atoms with E-state index < -0.39 is 0 Å². The van der Waals surface area contributed by atoms with Crippen molar-refractivity contribution in [3.05, 3.63) is 19.8 Å². The Morgan fingerprint density at radius 3 is 2.41 bits per heavy atom. The zero-order valence-electron chi connectivity index (χ0n) is 10.8. The van der Waals surface area contributed by atoms with Crippen molar-refractivity contribution in [2.45, 2.75) is 26.7 Å². The third-order valence-corrected chi connectivity index (χ3v) is 6.68. The molecule has 2 aromatic rings. The first kappa shape index (κ1) is 13.5. The summed E-state index contributed by atoms with van der Waals surface area (Å²) < 4.78 is 2.77. The van der Waals surface area contributed by atoms with Gasteiger partial charge in [-0.15, -0.1) is 22.7 Å². The molecule has 0 aliphatic carbocycles. The van der Waals surface area contributed by atoms with Crippen molar-refractivity contribution < 1.29 is 0 Å². The summed E-state index contributed by atoms with van der Waals surface area (Å²) in [6.07, 6.45) is 2.47. The standard InChI is InChI=1S/C13H18BrNS2/c1-8-10(6-5-7-15(3)4)16-13-11(8)9(2)12(14)17-13/h5-7H2,1-4H3. The number of aryl methyl sites for hydroxylation is 3. The molecule has 0 N–H and O–H groups in total. The van der Waals surface area contributed by atoms with Crippen molar-refractivity contribution in [1.82, 2.24) is 4.90 Å². The van der Waals surface area contributed by atoms with Crippen molar-refractivity contribution in [2.24, 2.45) is 0 Å². The van der Waals surface area contributed by atoms with Crippen molar-refractivity contribution in [3.8, 4) is 0 Å². The monoisotopic (exact) mass is 331 g/mol. The molecule has 0 amide bonds. The fourth-order valence-corrected chi connectivity index (χ4v) is 5.77. The van der Waals surface area contributed by atoms with E-state index in [0.29, 0.717) is 0 Å². The molecular weight excluding hydrogens is 314 g/mol. The average Bonchev–Trinajstić information content (AvgIpc) is 2.68. The number of fused-ring (bicyclic) bond motifs is 1. The Morgan fingerprint density at radius 2 is 1.82 bits per heavy atom. The van der Waals surface area contributed by atoms with Gasteiger partial charge in [-0.3, -0.25) is 0 Å². The van der Waals surface area contributed by atoms with Crippen LogP contribution in [0.25, 0.3) is 9.40 Å². The molecule has 0 saturated carbocycles. The van der Waals surface area contributed by atoms with Crippen molar-refractivity contribution in [3.63, 3.8) is 0 Å². The summed E-state index contributed by atoms with van der Waals surface area (Å²) in [7, 11) is 4.28. The zero-order chi connectivity index (χ0) is 12.6. The highest BCUT2D eigenvalue weighted by atomic mass is 79.9. The number of rotatable bonds is 4. The van der Waals surface area contributed by atoms with Crippen LogP contribution in [-0.4, -0.2) is 25.5 Å². The molecule has 94 valence electrons. The molecule has 2 aromatic heterocycles. The predicted molar refractivity (Wildman–Crippen MR) is 83.8 cm³/mol. The van der Waals surface area contributed by atoms with Gasteiger partial charge < -0.3 is 4.90 Å². The second-order valence-corrected chi connectivity index (χ2v) is 8.42. The second kappa shape index (κ2) is 5.39. The largest absolute Gasteiger partial charge is 0.309 e. The van der Waals surface area contributed by atoms with Crippen LogP contribution in [0.15, 0.2) is 3.79 Å². The van der Waals surface area contributed by atoms with E-state index in [2.05, 4.69) is 48.8 Å². The van der Waals surface area contributed by atoms with E-state index in [1.165, 1.54) is 43.7 Å². The fourth-order valence-electron chi connectivity index (χ4n) is 2.09. The molecule has 4 heteroatoms. The van der Waals surface area contributed by atoms with Gasteiger partial charge in [0.25, 0.3) is 0 Å². The molecule has 0 atom stereocenters. The minimum Gasteiger partial charge on any atom is -0.309 e. The lowest BCUT2D eigenvalue weighted by atomic mass is 10.1. The smallest absolute Gasteiger partial charge is 0.0885 e. The summed E-state index contributed by atoms with van der Waals surface area (Å²) in [5, 5.41) is 1.49. The van der Waals surface area contributed by atoms with E-state index in [0.717, 1.165) is 0 Å². The molecule has 0 aliphatic heterocycles. The summed E-state index contributed by atoms with van der Waals surface area (Å²) >= 11 is 7.50. The summed E-state index contributed by atoms with van der Waals surface area (Å²) in [6, 6.07) is 0. The lowest BCUT2D eigenvalue weighted by Crippen LogP contribution is -2.13. The molecule has 0 unspecified atom stereocenters. The van der Waals surface area contributed by atoms with Gasteiger partial charge in [0, 0.05) is 10.3 Å². The minimum absolute atomic E-state index is 1.17. The van der Waals surface area contributed by atoms with E-state index in [1.807, 2.05) is 22.7 Å². The summed E-state index contributed by atoms with van der Waals surface area (Å²) in [4.78, 5) is 3.83. The molecule has 0 fully saturated rings. The first-order valence-corrected chi connectivity index (χ1v) is 8.25. The summed E-state index contributed by atoms with van der Waals surface area (Å²) in [5.41, 5.74) is 2.92. The maximum absolute atomic E-state index is 3.64. The Labute approximate surface area is 120 Å². The third kappa shape index (κ3) is 2.75. The van der Waals surface area contributed by atoms with E-state index in [1.54, 1.807) is 4.88 Å². The quantitative estimate of drug-likeness (QED) is 0.775. The summed E-state index contributed by atoms with van der Waals surface area (Å²) in [5.74, 6) is 0. The Bertz CT molecular complexity index is 525. The minimum atomic E-state index is 1.17. The third-order valence-electron chi connectivity index (χ3n) is 3.07. The number of thiophene rings is 2. The molecule has 2 rings (SSSR count). The Hall–Kier alpha value is 0.1000. The molecule has 0 aliphatic rings. The van der Waals surface area contributed by atoms with E-state index in [9.17, 15) is 0 Å². The van der Waals surface area contributed by atoms with Crippen LogP contribution in [0.3, 0.4) is 0 Å². The number of hydrogen-bond acceptors (Lipinski definition) is 3. The van der Waals surface area contributed by atoms with Gasteiger partial charge in [-0.05, 0) is 74.4 Å². The van der Waals surface area contributed by atoms with Gasteiger partial charge in [0.05, 0.1) is 7.80 Å². The van der Waals surface area contributed by atoms with Crippen molar-refractivity contribution in [2.75, 3.05) is 20.6 Å². The number of nitrogens with zero attached hydrogens (tertiary/aromatic N) is 1. The Morgan fingerprint density at radius 1 is 1.12 bits per heavy atom. The average molecular weight is 332 g/mol. The maximum Gasteiger partial charge on any atom is 0.0885 e. The molecule has 17 heavy (non-hydrogen) atoms. The van der Waals surface area contributed by atoms with Crippen LogP contribution in [0.2, 0.25) is 0 Å². The highest BCUT2D eigenvalue weighted by Gasteiger charge is 2.14. The molecule has 0 saturated heterocycles. The topological polar surface area (TPSA) is 3.24 Å². The second-order valence-electron chi connectivity index (χ2n) is 4.72. The summed E-state index contributed by atoms with van der Waals surface area (Å²) in [6.45, 7) is 5.66.